The van der Waals surface area contributed by atoms with Crippen LogP contribution in [0, 0.1) is 13.8 Å². The Labute approximate surface area is 133 Å². The van der Waals surface area contributed by atoms with Crippen molar-refractivity contribution < 1.29 is 9.53 Å². The monoisotopic (exact) mass is 305 g/mol. The van der Waals surface area contributed by atoms with Gasteiger partial charge in [0.15, 0.2) is 0 Å². The first-order valence-electron chi connectivity index (χ1n) is 8.03. The number of nitrogens with one attached hydrogen (secondary N) is 2. The van der Waals surface area contributed by atoms with Crippen LogP contribution in [0.15, 0.2) is 18.2 Å². The molecule has 1 amide bonds. The summed E-state index contributed by atoms with van der Waals surface area (Å²) in [6, 6.07) is 6.04. The summed E-state index contributed by atoms with van der Waals surface area (Å²) in [5.41, 5.74) is 3.16. The fraction of sp³-hybridized carbons (Fsp3) is 0.588. The standard InChI is InChI=1S/C17H27N3O2/c1-14-4-3-5-15(2)17(14)19-16(21)6-7-18-8-9-20-10-12-22-13-11-20/h3-5,18H,6-13H2,1-2H3,(H,19,21). The Morgan fingerprint density at radius 2 is 1.86 bits per heavy atom. The molecule has 2 rings (SSSR count). The zero-order chi connectivity index (χ0) is 15.8. The van der Waals surface area contributed by atoms with Crippen molar-refractivity contribution in [2.24, 2.45) is 0 Å². The van der Waals surface area contributed by atoms with E-state index in [0.29, 0.717) is 13.0 Å². The van der Waals surface area contributed by atoms with Gasteiger partial charge in [-0.15, -0.1) is 0 Å². The lowest BCUT2D eigenvalue weighted by Crippen LogP contribution is -2.40. The number of anilines is 1. The van der Waals surface area contributed by atoms with Crippen molar-refractivity contribution in [2.75, 3.05) is 51.3 Å². The third kappa shape index (κ3) is 5.40. The summed E-state index contributed by atoms with van der Waals surface area (Å²) in [5.74, 6) is 0.0660. The first-order valence-corrected chi connectivity index (χ1v) is 8.03. The Hall–Kier alpha value is -1.43. The van der Waals surface area contributed by atoms with Crippen LogP contribution in [-0.4, -0.2) is 56.7 Å². The highest BCUT2D eigenvalue weighted by atomic mass is 16.5. The van der Waals surface area contributed by atoms with E-state index >= 15 is 0 Å². The lowest BCUT2D eigenvalue weighted by Gasteiger charge is -2.26. The summed E-state index contributed by atoms with van der Waals surface area (Å²) in [6.07, 6.45) is 0.497. The summed E-state index contributed by atoms with van der Waals surface area (Å²) >= 11 is 0. The van der Waals surface area contributed by atoms with Gasteiger partial charge >= 0.3 is 0 Å². The van der Waals surface area contributed by atoms with Crippen molar-refractivity contribution in [3.63, 3.8) is 0 Å². The minimum Gasteiger partial charge on any atom is -0.379 e. The number of rotatable bonds is 7. The van der Waals surface area contributed by atoms with Gasteiger partial charge in [0.2, 0.25) is 5.91 Å². The molecule has 0 bridgehead atoms. The van der Waals surface area contributed by atoms with E-state index < -0.39 is 0 Å². The molecule has 1 aliphatic heterocycles. The number of amides is 1. The smallest absolute Gasteiger partial charge is 0.225 e. The van der Waals surface area contributed by atoms with Crippen LogP contribution in [0.5, 0.6) is 0 Å². The molecule has 1 saturated heterocycles. The van der Waals surface area contributed by atoms with Gasteiger partial charge in [-0.3, -0.25) is 9.69 Å². The number of aryl methyl sites for hydroxylation is 2. The molecule has 1 aromatic rings. The van der Waals surface area contributed by atoms with Crippen LogP contribution in [0.4, 0.5) is 5.69 Å². The Morgan fingerprint density at radius 1 is 1.18 bits per heavy atom. The number of nitrogens with zero attached hydrogens (tertiary/aromatic N) is 1. The molecular formula is C17H27N3O2. The zero-order valence-corrected chi connectivity index (χ0v) is 13.7. The highest BCUT2D eigenvalue weighted by Gasteiger charge is 2.10. The number of hydrogen-bond donors (Lipinski definition) is 2. The quantitative estimate of drug-likeness (QED) is 0.751. The van der Waals surface area contributed by atoms with Crippen molar-refractivity contribution in [3.05, 3.63) is 29.3 Å². The normalized spacial score (nSPS) is 15.7. The van der Waals surface area contributed by atoms with Crippen LogP contribution in [0.3, 0.4) is 0 Å². The van der Waals surface area contributed by atoms with Crippen LogP contribution in [0.1, 0.15) is 17.5 Å². The molecule has 0 aromatic heterocycles. The van der Waals surface area contributed by atoms with Crippen molar-refractivity contribution in [3.8, 4) is 0 Å². The van der Waals surface area contributed by atoms with Gasteiger partial charge in [-0.25, -0.2) is 0 Å². The molecule has 0 spiro atoms. The van der Waals surface area contributed by atoms with Gasteiger partial charge in [0.25, 0.3) is 0 Å². The third-order valence-electron chi connectivity index (χ3n) is 3.98. The molecule has 1 fully saturated rings. The minimum atomic E-state index is 0.0660. The summed E-state index contributed by atoms with van der Waals surface area (Å²) in [5, 5.41) is 6.35. The number of ether oxygens (including phenoxy) is 1. The Kier molecular flexibility index (Phi) is 6.83. The number of hydrogen-bond acceptors (Lipinski definition) is 4. The van der Waals surface area contributed by atoms with Gasteiger partial charge in [-0.2, -0.15) is 0 Å². The van der Waals surface area contributed by atoms with E-state index in [-0.39, 0.29) is 5.91 Å². The Balaban J connectivity index is 1.61. The van der Waals surface area contributed by atoms with E-state index in [1.165, 1.54) is 0 Å². The molecule has 0 aliphatic carbocycles. The topological polar surface area (TPSA) is 53.6 Å². The Morgan fingerprint density at radius 3 is 2.55 bits per heavy atom. The highest BCUT2D eigenvalue weighted by Crippen LogP contribution is 2.19. The van der Waals surface area contributed by atoms with Crippen LogP contribution in [-0.2, 0) is 9.53 Å². The van der Waals surface area contributed by atoms with Crippen molar-refractivity contribution in [1.29, 1.82) is 0 Å². The lowest BCUT2D eigenvalue weighted by atomic mass is 10.1. The first kappa shape index (κ1) is 16.9. The maximum absolute atomic E-state index is 12.0. The average molecular weight is 305 g/mol. The summed E-state index contributed by atoms with van der Waals surface area (Å²) in [7, 11) is 0. The second-order valence-electron chi connectivity index (χ2n) is 5.77. The van der Waals surface area contributed by atoms with E-state index in [4.69, 9.17) is 4.74 Å². The summed E-state index contributed by atoms with van der Waals surface area (Å²) in [4.78, 5) is 14.4. The SMILES string of the molecule is Cc1cccc(C)c1NC(=O)CCNCCN1CCOCC1. The van der Waals surface area contributed by atoms with Crippen LogP contribution in [0.25, 0.3) is 0 Å². The molecule has 5 heteroatoms. The maximum Gasteiger partial charge on any atom is 0.225 e. The van der Waals surface area contributed by atoms with E-state index in [9.17, 15) is 4.79 Å². The van der Waals surface area contributed by atoms with Crippen LogP contribution in [0.2, 0.25) is 0 Å². The van der Waals surface area contributed by atoms with Crippen molar-refractivity contribution in [2.45, 2.75) is 20.3 Å². The van der Waals surface area contributed by atoms with Gasteiger partial charge in [0.05, 0.1) is 13.2 Å². The van der Waals surface area contributed by atoms with Crippen LogP contribution < -0.4 is 10.6 Å². The summed E-state index contributed by atoms with van der Waals surface area (Å²) in [6.45, 7) is 10.4. The van der Waals surface area contributed by atoms with E-state index in [1.54, 1.807) is 0 Å². The van der Waals surface area contributed by atoms with E-state index in [0.717, 1.165) is 56.2 Å². The van der Waals surface area contributed by atoms with Gasteiger partial charge in [0.1, 0.15) is 0 Å². The number of carbonyl (C=O) groups is 1. The number of para-hydroxylation sites is 1. The molecule has 0 radical (unpaired) electrons. The maximum atomic E-state index is 12.0. The number of morpholine rings is 1. The first-order chi connectivity index (χ1) is 10.7. The molecule has 22 heavy (non-hydrogen) atoms. The molecule has 5 nitrogen and oxygen atoms in total. The molecule has 1 heterocycles. The van der Waals surface area contributed by atoms with E-state index in [2.05, 4.69) is 15.5 Å². The fourth-order valence-electron chi connectivity index (χ4n) is 2.60. The molecule has 122 valence electrons. The average Bonchev–Trinajstić information content (AvgIpc) is 2.52. The predicted molar refractivity (Wildman–Crippen MR) is 89.3 cm³/mol. The van der Waals surface area contributed by atoms with Crippen molar-refractivity contribution >= 4 is 11.6 Å². The van der Waals surface area contributed by atoms with Gasteiger partial charge in [0, 0.05) is 44.8 Å². The van der Waals surface area contributed by atoms with E-state index in [1.807, 2.05) is 32.0 Å². The molecule has 1 aromatic carbocycles. The summed E-state index contributed by atoms with van der Waals surface area (Å²) < 4.78 is 5.32. The van der Waals surface area contributed by atoms with Crippen molar-refractivity contribution in [1.82, 2.24) is 10.2 Å². The zero-order valence-electron chi connectivity index (χ0n) is 13.7. The van der Waals surface area contributed by atoms with Gasteiger partial charge < -0.3 is 15.4 Å². The number of carbonyl (C=O) groups excluding carboxylic acids is 1. The molecule has 0 atom stereocenters. The minimum absolute atomic E-state index is 0.0660. The van der Waals surface area contributed by atoms with Gasteiger partial charge in [-0.05, 0) is 25.0 Å². The molecule has 2 N–H and O–H groups in total. The highest BCUT2D eigenvalue weighted by molar-refractivity contribution is 5.92. The molecule has 0 unspecified atom stereocenters. The second kappa shape index (κ2) is 8.88. The second-order valence-corrected chi connectivity index (χ2v) is 5.77. The molecular weight excluding hydrogens is 278 g/mol. The third-order valence-corrected chi connectivity index (χ3v) is 3.98. The number of benzene rings is 1. The van der Waals surface area contributed by atoms with Gasteiger partial charge in [-0.1, -0.05) is 18.2 Å². The largest absolute Gasteiger partial charge is 0.379 e. The van der Waals surface area contributed by atoms with Crippen LogP contribution >= 0.6 is 0 Å². The molecule has 0 saturated carbocycles. The Bertz CT molecular complexity index is 465. The fourth-order valence-corrected chi connectivity index (χ4v) is 2.60. The lowest BCUT2D eigenvalue weighted by molar-refractivity contribution is -0.116. The molecule has 1 aliphatic rings. The predicted octanol–water partition coefficient (Wildman–Crippen LogP) is 1.55.